The van der Waals surface area contributed by atoms with Crippen molar-refractivity contribution in [1.82, 2.24) is 15.5 Å². The average Bonchev–Trinajstić information content (AvgIpc) is 2.51. The maximum Gasteiger partial charge on any atom is 0.410 e. The van der Waals surface area contributed by atoms with Crippen LogP contribution in [0.4, 0.5) is 9.59 Å². The molecule has 1 aliphatic rings. The van der Waals surface area contributed by atoms with E-state index in [1.165, 1.54) is 4.90 Å². The van der Waals surface area contributed by atoms with E-state index < -0.39 is 23.3 Å². The molecule has 0 saturated carbocycles. The van der Waals surface area contributed by atoms with E-state index >= 15 is 0 Å². The first kappa shape index (κ1) is 16.3. The summed E-state index contributed by atoms with van der Waals surface area (Å²) in [5.74, 6) is -0.372. The van der Waals surface area contributed by atoms with E-state index in [1.54, 1.807) is 27.7 Å². The van der Waals surface area contributed by atoms with Crippen molar-refractivity contribution in [3.05, 3.63) is 0 Å². The fraction of sp³-hybridized carbons (Fsp3) is 0.769. The Bertz CT molecular complexity index is 416. The Hall–Kier alpha value is -1.79. The van der Waals surface area contributed by atoms with Crippen molar-refractivity contribution < 1.29 is 19.1 Å². The fourth-order valence-corrected chi connectivity index (χ4v) is 1.82. The SMILES string of the molecule is CCN(CCC1(C)NC(=O)NC1=O)C(=O)OC(C)(C)C. The second-order valence-corrected chi connectivity index (χ2v) is 6.05. The van der Waals surface area contributed by atoms with Gasteiger partial charge in [-0.3, -0.25) is 10.1 Å². The van der Waals surface area contributed by atoms with Gasteiger partial charge in [0, 0.05) is 13.1 Å². The molecule has 1 aliphatic heterocycles. The molecule has 7 heteroatoms. The van der Waals surface area contributed by atoms with E-state index in [1.807, 2.05) is 6.92 Å². The zero-order valence-electron chi connectivity index (χ0n) is 12.7. The predicted molar refractivity (Wildman–Crippen MR) is 73.2 cm³/mol. The molecule has 1 heterocycles. The van der Waals surface area contributed by atoms with Gasteiger partial charge in [0.1, 0.15) is 11.1 Å². The summed E-state index contributed by atoms with van der Waals surface area (Å²) in [5.41, 5.74) is -1.54. The van der Waals surface area contributed by atoms with Crippen molar-refractivity contribution in [2.24, 2.45) is 0 Å². The topological polar surface area (TPSA) is 87.7 Å². The van der Waals surface area contributed by atoms with E-state index in [4.69, 9.17) is 4.74 Å². The van der Waals surface area contributed by atoms with E-state index in [-0.39, 0.29) is 5.91 Å². The van der Waals surface area contributed by atoms with Crippen LogP contribution in [-0.2, 0) is 9.53 Å². The molecule has 0 aromatic rings. The van der Waals surface area contributed by atoms with E-state index in [2.05, 4.69) is 10.6 Å². The van der Waals surface area contributed by atoms with Gasteiger partial charge in [-0.2, -0.15) is 0 Å². The highest BCUT2D eigenvalue weighted by atomic mass is 16.6. The van der Waals surface area contributed by atoms with E-state index in [0.29, 0.717) is 19.5 Å². The third-order valence-corrected chi connectivity index (χ3v) is 3.03. The van der Waals surface area contributed by atoms with Gasteiger partial charge in [-0.15, -0.1) is 0 Å². The summed E-state index contributed by atoms with van der Waals surface area (Å²) in [6, 6.07) is -0.502. The van der Waals surface area contributed by atoms with Crippen molar-refractivity contribution in [2.75, 3.05) is 13.1 Å². The molecule has 1 atom stereocenters. The Kier molecular flexibility index (Phi) is 4.62. The van der Waals surface area contributed by atoms with Gasteiger partial charge in [0.2, 0.25) is 0 Å². The molecule has 0 radical (unpaired) electrons. The second kappa shape index (κ2) is 5.68. The van der Waals surface area contributed by atoms with Gasteiger partial charge in [-0.25, -0.2) is 9.59 Å². The van der Waals surface area contributed by atoms with Gasteiger partial charge >= 0.3 is 12.1 Å². The van der Waals surface area contributed by atoms with Gasteiger partial charge in [0.15, 0.2) is 0 Å². The monoisotopic (exact) mass is 285 g/mol. The van der Waals surface area contributed by atoms with E-state index in [0.717, 1.165) is 0 Å². The molecule has 0 aromatic heterocycles. The number of rotatable bonds is 4. The van der Waals surface area contributed by atoms with Gasteiger partial charge in [0.05, 0.1) is 0 Å². The minimum absolute atomic E-state index is 0.329. The van der Waals surface area contributed by atoms with Crippen LogP contribution < -0.4 is 10.6 Å². The van der Waals surface area contributed by atoms with Crippen LogP contribution in [0.15, 0.2) is 0 Å². The number of carbonyl (C=O) groups excluding carboxylic acids is 3. The third kappa shape index (κ3) is 4.11. The molecule has 1 fully saturated rings. The lowest BCUT2D eigenvalue weighted by atomic mass is 9.98. The number of carbonyl (C=O) groups is 3. The highest BCUT2D eigenvalue weighted by Gasteiger charge is 2.42. The maximum absolute atomic E-state index is 12.0. The Morgan fingerprint density at radius 3 is 2.35 bits per heavy atom. The van der Waals surface area contributed by atoms with Gasteiger partial charge in [-0.1, -0.05) is 0 Å². The molecule has 0 aromatic carbocycles. The van der Waals surface area contributed by atoms with Crippen molar-refractivity contribution in [1.29, 1.82) is 0 Å². The van der Waals surface area contributed by atoms with Crippen LogP contribution in [0.5, 0.6) is 0 Å². The summed E-state index contributed by atoms with van der Waals surface area (Å²) < 4.78 is 5.29. The van der Waals surface area contributed by atoms with Crippen LogP contribution in [0.2, 0.25) is 0 Å². The van der Waals surface area contributed by atoms with Gasteiger partial charge < -0.3 is 15.0 Å². The first-order valence-corrected chi connectivity index (χ1v) is 6.69. The molecule has 7 nitrogen and oxygen atoms in total. The van der Waals surface area contributed by atoms with Gasteiger partial charge in [-0.05, 0) is 41.0 Å². The lowest BCUT2D eigenvalue weighted by Crippen LogP contribution is -2.47. The van der Waals surface area contributed by atoms with Crippen LogP contribution in [0.3, 0.4) is 0 Å². The third-order valence-electron chi connectivity index (χ3n) is 3.03. The lowest BCUT2D eigenvalue weighted by molar-refractivity contribution is -0.123. The Morgan fingerprint density at radius 2 is 1.95 bits per heavy atom. The Labute approximate surface area is 119 Å². The van der Waals surface area contributed by atoms with Crippen molar-refractivity contribution in [3.63, 3.8) is 0 Å². The normalized spacial score (nSPS) is 22.2. The summed E-state index contributed by atoms with van der Waals surface area (Å²) in [6.07, 6.45) is -0.0918. The quantitative estimate of drug-likeness (QED) is 0.760. The summed E-state index contributed by atoms with van der Waals surface area (Å²) in [4.78, 5) is 36.3. The molecule has 114 valence electrons. The minimum atomic E-state index is -0.980. The maximum atomic E-state index is 12.0. The minimum Gasteiger partial charge on any atom is -0.444 e. The number of imide groups is 1. The molecule has 0 bridgehead atoms. The molecule has 0 spiro atoms. The lowest BCUT2D eigenvalue weighted by Gasteiger charge is -2.29. The van der Waals surface area contributed by atoms with Crippen LogP contribution in [0.1, 0.15) is 41.0 Å². The highest BCUT2D eigenvalue weighted by Crippen LogP contribution is 2.16. The first-order chi connectivity index (χ1) is 9.07. The molecule has 1 unspecified atom stereocenters. The van der Waals surface area contributed by atoms with Crippen LogP contribution in [0.25, 0.3) is 0 Å². The van der Waals surface area contributed by atoms with Crippen LogP contribution >= 0.6 is 0 Å². The van der Waals surface area contributed by atoms with Crippen LogP contribution in [-0.4, -0.2) is 47.2 Å². The molecular formula is C13H23N3O4. The summed E-state index contributed by atoms with van der Waals surface area (Å²) in [6.45, 7) is 9.66. The molecule has 0 aliphatic carbocycles. The number of nitrogens with zero attached hydrogens (tertiary/aromatic N) is 1. The van der Waals surface area contributed by atoms with Gasteiger partial charge in [0.25, 0.3) is 5.91 Å². The number of hydrogen-bond acceptors (Lipinski definition) is 4. The van der Waals surface area contributed by atoms with Crippen molar-refractivity contribution >= 4 is 18.0 Å². The molecule has 4 amide bonds. The number of ether oxygens (including phenoxy) is 1. The number of hydrogen-bond donors (Lipinski definition) is 2. The molecule has 1 rings (SSSR count). The highest BCUT2D eigenvalue weighted by molar-refractivity contribution is 6.06. The van der Waals surface area contributed by atoms with Crippen LogP contribution in [0, 0.1) is 0 Å². The molecular weight excluding hydrogens is 262 g/mol. The largest absolute Gasteiger partial charge is 0.444 e. The Morgan fingerprint density at radius 1 is 1.35 bits per heavy atom. The summed E-state index contributed by atoms with van der Waals surface area (Å²) in [7, 11) is 0. The summed E-state index contributed by atoms with van der Waals surface area (Å²) >= 11 is 0. The average molecular weight is 285 g/mol. The number of nitrogens with one attached hydrogen (secondary N) is 2. The number of urea groups is 1. The molecule has 2 N–H and O–H groups in total. The fourth-order valence-electron chi connectivity index (χ4n) is 1.82. The first-order valence-electron chi connectivity index (χ1n) is 6.69. The smallest absolute Gasteiger partial charge is 0.410 e. The standard InChI is InChI=1S/C13H23N3O4/c1-6-16(11(19)20-12(2,3)4)8-7-13(5)9(17)14-10(18)15-13/h6-8H2,1-5H3,(H2,14,15,17,18). The summed E-state index contributed by atoms with van der Waals surface area (Å²) in [5, 5.41) is 4.76. The molecule has 1 saturated heterocycles. The zero-order chi connectivity index (χ0) is 15.6. The molecule has 20 heavy (non-hydrogen) atoms. The predicted octanol–water partition coefficient (Wildman–Crippen LogP) is 1.23. The zero-order valence-corrected chi connectivity index (χ0v) is 12.7. The van der Waals surface area contributed by atoms with E-state index in [9.17, 15) is 14.4 Å². The second-order valence-electron chi connectivity index (χ2n) is 6.05. The van der Waals surface area contributed by atoms with Crippen molar-refractivity contribution in [2.45, 2.75) is 52.2 Å². The van der Waals surface area contributed by atoms with Crippen molar-refractivity contribution in [3.8, 4) is 0 Å². The number of amides is 4. The Balaban J connectivity index is 2.60.